The molecule has 1 heterocycles. The van der Waals surface area contributed by atoms with E-state index in [1.165, 1.54) is 18.4 Å². The third kappa shape index (κ3) is 3.78. The molecule has 0 fully saturated rings. The van der Waals surface area contributed by atoms with Gasteiger partial charge in [0.1, 0.15) is 0 Å². The second kappa shape index (κ2) is 6.93. The van der Waals surface area contributed by atoms with E-state index >= 15 is 0 Å². The maximum atomic E-state index is 9.59. The predicted molar refractivity (Wildman–Crippen MR) is 97.2 cm³/mol. The number of benzene rings is 2. The minimum Gasteiger partial charge on any atom is -0.504 e. The van der Waals surface area contributed by atoms with Crippen molar-refractivity contribution in [2.75, 3.05) is 7.11 Å². The molecule has 0 aliphatic heterocycles. The van der Waals surface area contributed by atoms with Gasteiger partial charge in [-0.15, -0.1) is 11.3 Å². The highest BCUT2D eigenvalue weighted by Crippen LogP contribution is 2.28. The summed E-state index contributed by atoms with van der Waals surface area (Å²) in [6.07, 6.45) is 1.70. The van der Waals surface area contributed by atoms with Crippen molar-refractivity contribution in [2.45, 2.75) is 0 Å². The number of aromatic nitrogens is 1. The van der Waals surface area contributed by atoms with Gasteiger partial charge in [0.25, 0.3) is 0 Å². The second-order valence-corrected chi connectivity index (χ2v) is 6.46. The van der Waals surface area contributed by atoms with E-state index in [-0.39, 0.29) is 5.75 Å². The van der Waals surface area contributed by atoms with E-state index in [9.17, 15) is 5.11 Å². The molecule has 4 nitrogen and oxygen atoms in total. The monoisotopic (exact) mass is 388 g/mol. The normalized spacial score (nSPS) is 11.0. The molecule has 1 aromatic heterocycles. The molecule has 0 spiro atoms. The van der Waals surface area contributed by atoms with Crippen molar-refractivity contribution in [3.8, 4) is 22.8 Å². The van der Waals surface area contributed by atoms with Crippen LogP contribution < -0.4 is 4.74 Å². The number of hydrogen-bond acceptors (Lipinski definition) is 5. The molecule has 1 N–H and O–H groups in total. The Labute approximate surface area is 146 Å². The summed E-state index contributed by atoms with van der Waals surface area (Å²) >= 11 is 4.90. The summed E-state index contributed by atoms with van der Waals surface area (Å²) < 4.78 is 6.12. The lowest BCUT2D eigenvalue weighted by Crippen LogP contribution is -1.86. The van der Waals surface area contributed by atoms with E-state index in [0.29, 0.717) is 10.9 Å². The standard InChI is InChI=1S/C17H13BrN2O2S/c1-22-16-8-11(2-7-15(16)21)9-19-17-20-14(10-23-17)12-3-5-13(18)6-4-12/h2-10,21H,1H3/b19-9+. The van der Waals surface area contributed by atoms with Crippen LogP contribution in [0.3, 0.4) is 0 Å². The minimum atomic E-state index is 0.108. The van der Waals surface area contributed by atoms with Crippen LogP contribution in [0.25, 0.3) is 11.3 Å². The molecule has 23 heavy (non-hydrogen) atoms. The predicted octanol–water partition coefficient (Wildman–Crippen LogP) is 5.04. The number of hydrogen-bond donors (Lipinski definition) is 1. The van der Waals surface area contributed by atoms with Crippen molar-refractivity contribution in [2.24, 2.45) is 4.99 Å². The van der Waals surface area contributed by atoms with Gasteiger partial charge in [-0.2, -0.15) is 0 Å². The molecule has 3 rings (SSSR count). The fourth-order valence-electron chi connectivity index (χ4n) is 1.98. The summed E-state index contributed by atoms with van der Waals surface area (Å²) in [7, 11) is 1.52. The van der Waals surface area contributed by atoms with Gasteiger partial charge in [0.05, 0.1) is 12.8 Å². The van der Waals surface area contributed by atoms with Gasteiger partial charge in [-0.05, 0) is 35.9 Å². The smallest absolute Gasteiger partial charge is 0.209 e. The van der Waals surface area contributed by atoms with Crippen LogP contribution in [-0.4, -0.2) is 23.4 Å². The van der Waals surface area contributed by atoms with Gasteiger partial charge in [0.2, 0.25) is 5.13 Å². The number of halogens is 1. The summed E-state index contributed by atoms with van der Waals surface area (Å²) in [6.45, 7) is 0. The maximum absolute atomic E-state index is 9.59. The van der Waals surface area contributed by atoms with Crippen molar-refractivity contribution in [3.05, 3.63) is 57.9 Å². The third-order valence-electron chi connectivity index (χ3n) is 3.16. The average Bonchev–Trinajstić information content (AvgIpc) is 3.04. The van der Waals surface area contributed by atoms with Crippen LogP contribution in [0.15, 0.2) is 57.3 Å². The van der Waals surface area contributed by atoms with Crippen LogP contribution >= 0.6 is 27.3 Å². The molecule has 116 valence electrons. The number of aromatic hydroxyl groups is 1. The molecule has 3 aromatic rings. The number of rotatable bonds is 4. The lowest BCUT2D eigenvalue weighted by Gasteiger charge is -2.02. The highest BCUT2D eigenvalue weighted by atomic mass is 79.9. The van der Waals surface area contributed by atoms with Crippen LogP contribution in [0.1, 0.15) is 5.56 Å². The quantitative estimate of drug-likeness (QED) is 0.637. The van der Waals surface area contributed by atoms with E-state index in [4.69, 9.17) is 4.74 Å². The number of aliphatic imine (C=N–C) groups is 1. The van der Waals surface area contributed by atoms with Gasteiger partial charge in [-0.25, -0.2) is 9.98 Å². The number of thiazole rings is 1. The Morgan fingerprint density at radius 2 is 2.00 bits per heavy atom. The Kier molecular flexibility index (Phi) is 4.73. The molecule has 0 bridgehead atoms. The van der Waals surface area contributed by atoms with Gasteiger partial charge < -0.3 is 9.84 Å². The summed E-state index contributed by atoms with van der Waals surface area (Å²) in [4.78, 5) is 8.89. The van der Waals surface area contributed by atoms with Crippen LogP contribution in [0, 0.1) is 0 Å². The lowest BCUT2D eigenvalue weighted by molar-refractivity contribution is 0.373. The SMILES string of the molecule is COc1cc(/C=N/c2nc(-c3ccc(Br)cc3)cs2)ccc1O. The molecule has 0 saturated heterocycles. The first-order valence-electron chi connectivity index (χ1n) is 6.78. The van der Waals surface area contributed by atoms with Gasteiger partial charge in [0, 0.05) is 21.6 Å². The number of ether oxygens (including phenoxy) is 1. The van der Waals surface area contributed by atoms with Crippen LogP contribution in [0.4, 0.5) is 5.13 Å². The Balaban J connectivity index is 1.80. The van der Waals surface area contributed by atoms with Gasteiger partial charge in [0.15, 0.2) is 11.5 Å². The Bertz CT molecular complexity index is 844. The van der Waals surface area contributed by atoms with Crippen LogP contribution in [0.2, 0.25) is 0 Å². The summed E-state index contributed by atoms with van der Waals surface area (Å²) in [5, 5.41) is 12.2. The number of nitrogens with zero attached hydrogens (tertiary/aromatic N) is 2. The first-order chi connectivity index (χ1) is 11.2. The van der Waals surface area contributed by atoms with Crippen molar-refractivity contribution < 1.29 is 9.84 Å². The largest absolute Gasteiger partial charge is 0.504 e. The first-order valence-corrected chi connectivity index (χ1v) is 8.45. The van der Waals surface area contributed by atoms with E-state index < -0.39 is 0 Å². The molecular formula is C17H13BrN2O2S. The summed E-state index contributed by atoms with van der Waals surface area (Å²) in [5.74, 6) is 0.528. The molecule has 0 saturated carbocycles. The fourth-order valence-corrected chi connectivity index (χ4v) is 2.92. The van der Waals surface area contributed by atoms with E-state index in [0.717, 1.165) is 21.3 Å². The Morgan fingerprint density at radius 3 is 2.74 bits per heavy atom. The van der Waals surface area contributed by atoms with Gasteiger partial charge in [-0.3, -0.25) is 0 Å². The second-order valence-electron chi connectivity index (χ2n) is 4.71. The van der Waals surface area contributed by atoms with Crippen LogP contribution in [0.5, 0.6) is 11.5 Å². The minimum absolute atomic E-state index is 0.108. The van der Waals surface area contributed by atoms with E-state index in [1.807, 2.05) is 29.6 Å². The van der Waals surface area contributed by atoms with Crippen molar-refractivity contribution in [1.82, 2.24) is 4.98 Å². The lowest BCUT2D eigenvalue weighted by atomic mass is 10.2. The van der Waals surface area contributed by atoms with Gasteiger partial charge in [-0.1, -0.05) is 28.1 Å². The third-order valence-corrected chi connectivity index (χ3v) is 4.44. The van der Waals surface area contributed by atoms with Gasteiger partial charge >= 0.3 is 0 Å². The Morgan fingerprint density at radius 1 is 1.22 bits per heavy atom. The van der Waals surface area contributed by atoms with Crippen molar-refractivity contribution >= 4 is 38.6 Å². The molecule has 0 atom stereocenters. The summed E-state index contributed by atoms with van der Waals surface area (Å²) in [5.41, 5.74) is 2.79. The molecular weight excluding hydrogens is 376 g/mol. The molecule has 0 radical (unpaired) electrons. The number of phenols is 1. The average molecular weight is 389 g/mol. The highest BCUT2D eigenvalue weighted by molar-refractivity contribution is 9.10. The molecule has 0 aliphatic carbocycles. The molecule has 2 aromatic carbocycles. The molecule has 6 heteroatoms. The highest BCUT2D eigenvalue weighted by Gasteiger charge is 2.04. The molecule has 0 aliphatic rings. The zero-order valence-electron chi connectivity index (χ0n) is 12.2. The molecule has 0 amide bonds. The van der Waals surface area contributed by atoms with E-state index in [2.05, 4.69) is 25.9 Å². The first kappa shape index (κ1) is 15.7. The van der Waals surface area contributed by atoms with Crippen molar-refractivity contribution in [1.29, 1.82) is 0 Å². The topological polar surface area (TPSA) is 54.7 Å². The van der Waals surface area contributed by atoms with Crippen LogP contribution in [-0.2, 0) is 0 Å². The fraction of sp³-hybridized carbons (Fsp3) is 0.0588. The number of phenolic OH excluding ortho intramolecular Hbond substituents is 1. The molecule has 0 unspecified atom stereocenters. The summed E-state index contributed by atoms with van der Waals surface area (Å²) in [6, 6.07) is 13.1. The zero-order valence-corrected chi connectivity index (χ0v) is 14.6. The zero-order chi connectivity index (χ0) is 16.2. The maximum Gasteiger partial charge on any atom is 0.209 e. The van der Waals surface area contributed by atoms with E-state index in [1.54, 1.807) is 24.4 Å². The number of methoxy groups -OCH3 is 1. The van der Waals surface area contributed by atoms with Crippen molar-refractivity contribution in [3.63, 3.8) is 0 Å². The Hall–Kier alpha value is -2.18.